The maximum absolute atomic E-state index is 12.0. The van der Waals surface area contributed by atoms with Crippen LogP contribution < -0.4 is 5.32 Å². The van der Waals surface area contributed by atoms with Crippen LogP contribution in [0, 0.1) is 0 Å². The number of carboxylic acids is 1. The average Bonchev–Trinajstić information content (AvgIpc) is 2.47. The molecule has 2 rings (SSSR count). The number of rotatable bonds is 4. The summed E-state index contributed by atoms with van der Waals surface area (Å²) in [5.74, 6) is -1.83. The Balaban J connectivity index is 2.26. The lowest BCUT2D eigenvalue weighted by Gasteiger charge is -2.07. The van der Waals surface area contributed by atoms with Crippen molar-refractivity contribution in [2.24, 2.45) is 0 Å². The third kappa shape index (κ3) is 2.99. The van der Waals surface area contributed by atoms with E-state index in [1.54, 1.807) is 24.3 Å². The van der Waals surface area contributed by atoms with E-state index in [2.05, 4.69) is 10.3 Å². The molecular weight excluding hydrogens is 260 g/mol. The number of hydrogen-bond acceptors (Lipinski definition) is 4. The maximum atomic E-state index is 12.0. The summed E-state index contributed by atoms with van der Waals surface area (Å²) >= 11 is 0. The number of carbonyl (C=O) groups is 2. The molecule has 1 aromatic carbocycles. The Bertz CT molecular complexity index is 655. The van der Waals surface area contributed by atoms with E-state index < -0.39 is 11.9 Å². The van der Waals surface area contributed by atoms with Crippen LogP contribution in [0.5, 0.6) is 0 Å². The zero-order chi connectivity index (χ0) is 14.5. The van der Waals surface area contributed by atoms with E-state index in [0.717, 1.165) is 0 Å². The first-order valence-corrected chi connectivity index (χ1v) is 5.81. The normalized spacial score (nSPS) is 10.1. The molecule has 0 unspecified atom stereocenters. The van der Waals surface area contributed by atoms with Crippen LogP contribution >= 0.6 is 0 Å². The number of aromatic carboxylic acids is 1. The van der Waals surface area contributed by atoms with Gasteiger partial charge in [-0.15, -0.1) is 0 Å². The van der Waals surface area contributed by atoms with Crippen LogP contribution in [0.2, 0.25) is 0 Å². The van der Waals surface area contributed by atoms with Gasteiger partial charge in [-0.25, -0.2) is 4.79 Å². The summed E-state index contributed by atoms with van der Waals surface area (Å²) in [4.78, 5) is 26.9. The molecule has 102 valence electrons. The first-order valence-electron chi connectivity index (χ1n) is 5.81. The minimum atomic E-state index is -1.22. The molecule has 0 fully saturated rings. The molecule has 0 radical (unpaired) electrons. The van der Waals surface area contributed by atoms with E-state index in [4.69, 9.17) is 10.2 Å². The monoisotopic (exact) mass is 272 g/mol. The Kier molecular flexibility index (Phi) is 4.07. The van der Waals surface area contributed by atoms with Gasteiger partial charge < -0.3 is 15.5 Å². The lowest BCUT2D eigenvalue weighted by atomic mass is 10.1. The molecule has 1 amide bonds. The standard InChI is InChI=1S/C14H12N2O4/c17-8-9-3-1-4-10(7-9)16-13(18)12-11(14(19)20)5-2-6-15-12/h1-7,17H,8H2,(H,16,18)(H,19,20). The number of carboxylic acid groups (broad SMARTS) is 1. The lowest BCUT2D eigenvalue weighted by Crippen LogP contribution is -2.18. The molecule has 1 heterocycles. The van der Waals surface area contributed by atoms with Gasteiger partial charge in [-0.05, 0) is 29.8 Å². The summed E-state index contributed by atoms with van der Waals surface area (Å²) in [5, 5.41) is 20.6. The third-order valence-electron chi connectivity index (χ3n) is 2.62. The number of benzene rings is 1. The Morgan fingerprint density at radius 3 is 2.70 bits per heavy atom. The Morgan fingerprint density at radius 2 is 2.00 bits per heavy atom. The van der Waals surface area contributed by atoms with Crippen molar-refractivity contribution >= 4 is 17.6 Å². The van der Waals surface area contributed by atoms with Crippen molar-refractivity contribution in [3.63, 3.8) is 0 Å². The van der Waals surface area contributed by atoms with Gasteiger partial charge in [0.2, 0.25) is 0 Å². The SMILES string of the molecule is O=C(O)c1cccnc1C(=O)Nc1cccc(CO)c1. The van der Waals surface area contributed by atoms with Gasteiger partial charge in [-0.2, -0.15) is 0 Å². The van der Waals surface area contributed by atoms with Gasteiger partial charge in [0.15, 0.2) is 0 Å². The Hall–Kier alpha value is -2.73. The van der Waals surface area contributed by atoms with Crippen molar-refractivity contribution in [2.45, 2.75) is 6.61 Å². The predicted octanol–water partition coefficient (Wildman–Crippen LogP) is 1.52. The number of nitrogens with one attached hydrogen (secondary N) is 1. The highest BCUT2D eigenvalue weighted by Gasteiger charge is 2.17. The van der Waals surface area contributed by atoms with Gasteiger partial charge in [-0.1, -0.05) is 12.1 Å². The van der Waals surface area contributed by atoms with Crippen LogP contribution in [-0.4, -0.2) is 27.1 Å². The fourth-order valence-corrected chi connectivity index (χ4v) is 1.70. The largest absolute Gasteiger partial charge is 0.478 e. The van der Waals surface area contributed by atoms with Crippen LogP contribution in [-0.2, 0) is 6.61 Å². The van der Waals surface area contributed by atoms with Crippen molar-refractivity contribution in [3.8, 4) is 0 Å². The zero-order valence-electron chi connectivity index (χ0n) is 10.4. The van der Waals surface area contributed by atoms with Gasteiger partial charge in [-0.3, -0.25) is 9.78 Å². The van der Waals surface area contributed by atoms with Crippen molar-refractivity contribution in [3.05, 3.63) is 59.4 Å². The Morgan fingerprint density at radius 1 is 1.20 bits per heavy atom. The van der Waals surface area contributed by atoms with E-state index in [1.165, 1.54) is 18.3 Å². The third-order valence-corrected chi connectivity index (χ3v) is 2.62. The zero-order valence-corrected chi connectivity index (χ0v) is 10.4. The molecule has 0 saturated carbocycles. The van der Waals surface area contributed by atoms with Crippen LogP contribution in [0.25, 0.3) is 0 Å². The fourth-order valence-electron chi connectivity index (χ4n) is 1.70. The van der Waals surface area contributed by atoms with Gasteiger partial charge in [0.1, 0.15) is 5.69 Å². The number of anilines is 1. The summed E-state index contributed by atoms with van der Waals surface area (Å²) < 4.78 is 0. The summed E-state index contributed by atoms with van der Waals surface area (Å²) in [6, 6.07) is 9.39. The summed E-state index contributed by atoms with van der Waals surface area (Å²) in [6.45, 7) is -0.145. The molecule has 0 atom stereocenters. The van der Waals surface area contributed by atoms with Crippen LogP contribution in [0.4, 0.5) is 5.69 Å². The van der Waals surface area contributed by atoms with Gasteiger partial charge in [0.25, 0.3) is 5.91 Å². The molecule has 20 heavy (non-hydrogen) atoms. The van der Waals surface area contributed by atoms with Crippen LogP contribution in [0.1, 0.15) is 26.4 Å². The van der Waals surface area contributed by atoms with Crippen LogP contribution in [0.3, 0.4) is 0 Å². The molecule has 0 aliphatic carbocycles. The maximum Gasteiger partial charge on any atom is 0.338 e. The number of amides is 1. The minimum absolute atomic E-state index is 0.145. The van der Waals surface area contributed by atoms with E-state index in [9.17, 15) is 9.59 Å². The van der Waals surface area contributed by atoms with E-state index in [1.807, 2.05) is 0 Å². The molecular formula is C14H12N2O4. The second kappa shape index (κ2) is 5.94. The summed E-state index contributed by atoms with van der Waals surface area (Å²) in [7, 11) is 0. The number of nitrogens with zero attached hydrogens (tertiary/aromatic N) is 1. The molecule has 0 bridgehead atoms. The van der Waals surface area contributed by atoms with Crippen LogP contribution in [0.15, 0.2) is 42.6 Å². The van der Waals surface area contributed by atoms with E-state index in [0.29, 0.717) is 11.3 Å². The van der Waals surface area contributed by atoms with E-state index in [-0.39, 0.29) is 17.9 Å². The molecule has 3 N–H and O–H groups in total. The number of hydrogen-bond donors (Lipinski definition) is 3. The number of aliphatic hydroxyl groups is 1. The number of aliphatic hydroxyl groups excluding tert-OH is 1. The molecule has 0 aliphatic heterocycles. The molecule has 0 saturated heterocycles. The molecule has 1 aromatic heterocycles. The lowest BCUT2D eigenvalue weighted by molar-refractivity contribution is 0.0691. The van der Waals surface area contributed by atoms with Gasteiger partial charge in [0, 0.05) is 11.9 Å². The highest BCUT2D eigenvalue weighted by molar-refractivity contribution is 6.09. The Labute approximate surface area is 114 Å². The fraction of sp³-hybridized carbons (Fsp3) is 0.0714. The summed E-state index contributed by atoms with van der Waals surface area (Å²) in [6.07, 6.45) is 1.35. The molecule has 6 nitrogen and oxygen atoms in total. The first-order chi connectivity index (χ1) is 9.61. The predicted molar refractivity (Wildman–Crippen MR) is 71.5 cm³/mol. The van der Waals surface area contributed by atoms with Gasteiger partial charge in [0.05, 0.1) is 12.2 Å². The van der Waals surface area contributed by atoms with Gasteiger partial charge >= 0.3 is 5.97 Å². The van der Waals surface area contributed by atoms with Crippen molar-refractivity contribution in [2.75, 3.05) is 5.32 Å². The second-order valence-electron chi connectivity index (χ2n) is 4.02. The quantitative estimate of drug-likeness (QED) is 0.783. The summed E-state index contributed by atoms with van der Waals surface area (Å²) in [5.41, 5.74) is 0.781. The minimum Gasteiger partial charge on any atom is -0.478 e. The molecule has 2 aromatic rings. The topological polar surface area (TPSA) is 99.5 Å². The smallest absolute Gasteiger partial charge is 0.338 e. The number of pyridine rings is 1. The number of carbonyl (C=O) groups excluding carboxylic acids is 1. The van der Waals surface area contributed by atoms with Crippen molar-refractivity contribution in [1.82, 2.24) is 4.98 Å². The first kappa shape index (κ1) is 13.7. The van der Waals surface area contributed by atoms with Crippen molar-refractivity contribution < 1.29 is 19.8 Å². The second-order valence-corrected chi connectivity index (χ2v) is 4.02. The van der Waals surface area contributed by atoms with Crippen molar-refractivity contribution in [1.29, 1.82) is 0 Å². The molecule has 6 heteroatoms. The average molecular weight is 272 g/mol. The van der Waals surface area contributed by atoms with E-state index >= 15 is 0 Å². The number of aromatic nitrogens is 1. The molecule has 0 aliphatic rings. The highest BCUT2D eigenvalue weighted by atomic mass is 16.4. The molecule has 0 spiro atoms. The highest BCUT2D eigenvalue weighted by Crippen LogP contribution is 2.13.